The molecule has 1 aliphatic carbocycles. The zero-order valence-electron chi connectivity index (χ0n) is 8.05. The lowest BCUT2D eigenvalue weighted by atomic mass is 10.0. The Morgan fingerprint density at radius 1 is 1.13 bits per heavy atom. The van der Waals surface area contributed by atoms with Gasteiger partial charge in [0, 0.05) is 18.2 Å². The second-order valence-electron chi connectivity index (χ2n) is 3.76. The molecular weight excluding hydrogens is 218 g/mol. The van der Waals surface area contributed by atoms with Crippen molar-refractivity contribution >= 4 is 12.4 Å². The fraction of sp³-hybridized carbons (Fsp3) is 0.400. The first-order valence-corrected chi connectivity index (χ1v) is 4.60. The molecule has 1 saturated carbocycles. The average Bonchev–Trinajstić information content (AvgIpc) is 2.83. The van der Waals surface area contributed by atoms with E-state index >= 15 is 0 Å². The summed E-state index contributed by atoms with van der Waals surface area (Å²) in [5, 5.41) is 28.1. The molecule has 1 aromatic rings. The second-order valence-corrected chi connectivity index (χ2v) is 3.76. The molecule has 0 aromatic heterocycles. The van der Waals surface area contributed by atoms with Crippen molar-refractivity contribution in [1.29, 1.82) is 0 Å². The molecule has 0 aliphatic heterocycles. The molecule has 0 amide bonds. The number of phenols is 3. The van der Waals surface area contributed by atoms with Crippen molar-refractivity contribution in [2.75, 3.05) is 0 Å². The molecule has 0 heterocycles. The number of hydrogen-bond donors (Lipinski definition) is 4. The molecule has 0 spiro atoms. The van der Waals surface area contributed by atoms with Crippen LogP contribution in [-0.2, 0) is 0 Å². The number of rotatable bonds is 2. The van der Waals surface area contributed by atoms with Crippen molar-refractivity contribution in [2.24, 2.45) is 11.7 Å². The van der Waals surface area contributed by atoms with Gasteiger partial charge in [0.05, 0.1) is 5.56 Å². The molecule has 4 nitrogen and oxygen atoms in total. The molecule has 0 radical (unpaired) electrons. The maximum Gasteiger partial charge on any atom is 0.127 e. The molecule has 1 aromatic carbocycles. The number of halogens is 1. The Morgan fingerprint density at radius 2 is 1.60 bits per heavy atom. The van der Waals surface area contributed by atoms with Crippen LogP contribution in [0.2, 0.25) is 0 Å². The lowest BCUT2D eigenvalue weighted by Crippen LogP contribution is -2.12. The third-order valence-electron chi connectivity index (χ3n) is 2.58. The van der Waals surface area contributed by atoms with Crippen molar-refractivity contribution in [1.82, 2.24) is 0 Å². The quantitative estimate of drug-likeness (QED) is 0.623. The molecule has 15 heavy (non-hydrogen) atoms. The molecule has 0 bridgehead atoms. The van der Waals surface area contributed by atoms with Crippen LogP contribution in [0.4, 0.5) is 0 Å². The van der Waals surface area contributed by atoms with Gasteiger partial charge in [-0.05, 0) is 18.8 Å². The summed E-state index contributed by atoms with van der Waals surface area (Å²) in [6.45, 7) is 0. The summed E-state index contributed by atoms with van der Waals surface area (Å²) in [6, 6.07) is 2.05. The molecule has 5 heteroatoms. The van der Waals surface area contributed by atoms with Crippen molar-refractivity contribution in [2.45, 2.75) is 18.9 Å². The van der Waals surface area contributed by atoms with Gasteiger partial charge in [0.2, 0.25) is 0 Å². The van der Waals surface area contributed by atoms with Gasteiger partial charge in [0.15, 0.2) is 0 Å². The number of benzene rings is 1. The Bertz CT molecular complexity index is 343. The lowest BCUT2D eigenvalue weighted by molar-refractivity contribution is 0.407. The third-order valence-corrected chi connectivity index (χ3v) is 2.58. The van der Waals surface area contributed by atoms with Gasteiger partial charge < -0.3 is 21.1 Å². The standard InChI is InChI=1S/C10H13NO3.ClH/c11-10(5-1-2-5)9-7(13)3-6(12)4-8(9)14;/h3-5,10,12-14H,1-2,11H2;1H/t10-;/m0./s1. The van der Waals surface area contributed by atoms with E-state index in [2.05, 4.69) is 0 Å². The van der Waals surface area contributed by atoms with E-state index in [1.165, 1.54) is 12.1 Å². The highest BCUT2D eigenvalue weighted by Gasteiger charge is 2.32. The summed E-state index contributed by atoms with van der Waals surface area (Å²) in [4.78, 5) is 0. The molecule has 5 N–H and O–H groups in total. The van der Waals surface area contributed by atoms with Crippen LogP contribution in [0.1, 0.15) is 24.4 Å². The summed E-state index contributed by atoms with van der Waals surface area (Å²) in [5.41, 5.74) is 6.19. The maximum absolute atomic E-state index is 9.52. The molecule has 2 rings (SSSR count). The summed E-state index contributed by atoms with van der Waals surface area (Å²) < 4.78 is 0. The highest BCUT2D eigenvalue weighted by atomic mass is 35.5. The first-order valence-electron chi connectivity index (χ1n) is 4.60. The Morgan fingerprint density at radius 3 is 2.00 bits per heavy atom. The van der Waals surface area contributed by atoms with Crippen molar-refractivity contribution in [3.05, 3.63) is 17.7 Å². The summed E-state index contributed by atoms with van der Waals surface area (Å²) >= 11 is 0. The van der Waals surface area contributed by atoms with Gasteiger partial charge in [-0.15, -0.1) is 12.4 Å². The topological polar surface area (TPSA) is 86.7 Å². The average molecular weight is 232 g/mol. The summed E-state index contributed by atoms with van der Waals surface area (Å²) in [6.07, 6.45) is 2.06. The Balaban J connectivity index is 0.00000112. The SMILES string of the molecule is Cl.N[C@H](c1c(O)cc(O)cc1O)C1CC1. The van der Waals surface area contributed by atoms with Gasteiger partial charge in [0.1, 0.15) is 17.2 Å². The number of nitrogens with two attached hydrogens (primary N) is 1. The molecule has 1 fully saturated rings. The van der Waals surface area contributed by atoms with E-state index in [4.69, 9.17) is 10.8 Å². The highest BCUT2D eigenvalue weighted by Crippen LogP contribution is 2.45. The second kappa shape index (κ2) is 4.16. The van der Waals surface area contributed by atoms with Crippen LogP contribution in [0.3, 0.4) is 0 Å². The summed E-state index contributed by atoms with van der Waals surface area (Å²) in [7, 11) is 0. The van der Waals surface area contributed by atoms with Gasteiger partial charge in [-0.2, -0.15) is 0 Å². The fourth-order valence-electron chi connectivity index (χ4n) is 1.64. The van der Waals surface area contributed by atoms with Gasteiger partial charge in [-0.25, -0.2) is 0 Å². The van der Waals surface area contributed by atoms with E-state index in [-0.39, 0.29) is 35.7 Å². The highest BCUT2D eigenvalue weighted by molar-refractivity contribution is 5.85. The van der Waals surface area contributed by atoms with Gasteiger partial charge in [-0.3, -0.25) is 0 Å². The molecule has 84 valence electrons. The lowest BCUT2D eigenvalue weighted by Gasteiger charge is -2.14. The zero-order valence-corrected chi connectivity index (χ0v) is 8.87. The molecular formula is C10H14ClNO3. The molecule has 1 aliphatic rings. The van der Waals surface area contributed by atoms with Crippen LogP contribution >= 0.6 is 12.4 Å². The van der Waals surface area contributed by atoms with Gasteiger partial charge >= 0.3 is 0 Å². The maximum atomic E-state index is 9.52. The van der Waals surface area contributed by atoms with Crippen LogP contribution in [-0.4, -0.2) is 15.3 Å². The van der Waals surface area contributed by atoms with Crippen molar-refractivity contribution < 1.29 is 15.3 Å². The number of aromatic hydroxyl groups is 3. The van der Waals surface area contributed by atoms with E-state index in [0.29, 0.717) is 11.5 Å². The minimum absolute atomic E-state index is 0. The first-order chi connectivity index (χ1) is 6.59. The van der Waals surface area contributed by atoms with E-state index in [0.717, 1.165) is 12.8 Å². The molecule has 1 atom stereocenters. The minimum Gasteiger partial charge on any atom is -0.508 e. The van der Waals surface area contributed by atoms with Gasteiger partial charge in [0.25, 0.3) is 0 Å². The monoisotopic (exact) mass is 231 g/mol. The first kappa shape index (κ1) is 11.9. The summed E-state index contributed by atoms with van der Waals surface area (Å²) in [5.74, 6) is -0.0908. The van der Waals surface area contributed by atoms with Crippen LogP contribution in [0, 0.1) is 5.92 Å². The molecule has 0 saturated heterocycles. The largest absolute Gasteiger partial charge is 0.508 e. The number of phenolic OH excluding ortho intramolecular Hbond substituents is 3. The van der Waals surface area contributed by atoms with Crippen molar-refractivity contribution in [3.8, 4) is 17.2 Å². The Kier molecular flexibility index (Phi) is 3.31. The van der Waals surface area contributed by atoms with Crippen molar-refractivity contribution in [3.63, 3.8) is 0 Å². The predicted molar refractivity (Wildman–Crippen MR) is 58.3 cm³/mol. The predicted octanol–water partition coefficient (Wildman–Crippen LogP) is 1.63. The van der Waals surface area contributed by atoms with Crippen LogP contribution in [0.5, 0.6) is 17.2 Å². The van der Waals surface area contributed by atoms with E-state index < -0.39 is 0 Å². The van der Waals surface area contributed by atoms with E-state index in [1.54, 1.807) is 0 Å². The minimum atomic E-state index is -0.337. The Labute approximate surface area is 93.8 Å². The fourth-order valence-corrected chi connectivity index (χ4v) is 1.64. The van der Waals surface area contributed by atoms with Crippen LogP contribution < -0.4 is 5.73 Å². The van der Waals surface area contributed by atoms with E-state index in [1.807, 2.05) is 0 Å². The van der Waals surface area contributed by atoms with Crippen LogP contribution in [0.25, 0.3) is 0 Å². The smallest absolute Gasteiger partial charge is 0.127 e. The zero-order chi connectivity index (χ0) is 10.3. The molecule has 0 unspecified atom stereocenters. The Hall–Kier alpha value is -1.13. The van der Waals surface area contributed by atoms with Gasteiger partial charge in [-0.1, -0.05) is 0 Å². The van der Waals surface area contributed by atoms with Crippen LogP contribution in [0.15, 0.2) is 12.1 Å². The normalized spacial score (nSPS) is 16.9. The number of hydrogen-bond acceptors (Lipinski definition) is 4. The third kappa shape index (κ3) is 2.27. The van der Waals surface area contributed by atoms with E-state index in [9.17, 15) is 10.2 Å².